The summed E-state index contributed by atoms with van der Waals surface area (Å²) in [5, 5.41) is 1.08. The minimum atomic E-state index is 0.109. The molecule has 4 nitrogen and oxygen atoms in total. The van der Waals surface area contributed by atoms with Gasteiger partial charge in [-0.1, -0.05) is 19.1 Å². The number of aromatic nitrogens is 3. The molecule has 19 heavy (non-hydrogen) atoms. The van der Waals surface area contributed by atoms with Crippen molar-refractivity contribution in [1.82, 2.24) is 14.5 Å². The molecule has 0 amide bonds. The average Bonchev–Trinajstić information content (AvgIpc) is 3.01. The van der Waals surface area contributed by atoms with Crippen molar-refractivity contribution in [3.05, 3.63) is 40.3 Å². The first-order chi connectivity index (χ1) is 9.20. The number of benzene rings is 1. The maximum atomic E-state index is 6.06. The van der Waals surface area contributed by atoms with Gasteiger partial charge in [-0.2, -0.15) is 0 Å². The fourth-order valence-corrected chi connectivity index (χ4v) is 3.16. The van der Waals surface area contributed by atoms with Crippen LogP contribution in [0.1, 0.15) is 29.8 Å². The molecule has 2 heterocycles. The molecule has 0 fully saturated rings. The highest BCUT2D eigenvalue weighted by Crippen LogP contribution is 2.29. The number of thiazole rings is 1. The SMILES string of the molecule is CCc1cnc(C(C)n2c(N)nc3ccccc32)s1. The molecule has 2 N–H and O–H groups in total. The number of aryl methyl sites for hydroxylation is 1. The largest absolute Gasteiger partial charge is 0.369 e. The number of hydrogen-bond acceptors (Lipinski definition) is 4. The zero-order chi connectivity index (χ0) is 13.4. The lowest BCUT2D eigenvalue weighted by Gasteiger charge is -2.13. The molecule has 1 aromatic carbocycles. The van der Waals surface area contributed by atoms with E-state index < -0.39 is 0 Å². The van der Waals surface area contributed by atoms with Crippen LogP contribution in [0.4, 0.5) is 5.95 Å². The quantitative estimate of drug-likeness (QED) is 0.796. The monoisotopic (exact) mass is 272 g/mol. The van der Waals surface area contributed by atoms with Gasteiger partial charge in [0.05, 0.1) is 17.1 Å². The molecule has 0 aliphatic rings. The summed E-state index contributed by atoms with van der Waals surface area (Å²) in [4.78, 5) is 10.2. The number of nitrogen functional groups attached to an aromatic ring is 1. The molecule has 0 spiro atoms. The first-order valence-electron chi connectivity index (χ1n) is 6.37. The van der Waals surface area contributed by atoms with Crippen LogP contribution in [-0.4, -0.2) is 14.5 Å². The Labute approximate surface area is 115 Å². The number of para-hydroxylation sites is 2. The Morgan fingerprint density at radius 1 is 1.37 bits per heavy atom. The maximum absolute atomic E-state index is 6.06. The number of fused-ring (bicyclic) bond motifs is 1. The van der Waals surface area contributed by atoms with E-state index in [4.69, 9.17) is 5.73 Å². The zero-order valence-corrected chi connectivity index (χ0v) is 11.8. The average molecular weight is 272 g/mol. The summed E-state index contributed by atoms with van der Waals surface area (Å²) in [7, 11) is 0. The summed E-state index contributed by atoms with van der Waals surface area (Å²) in [5.41, 5.74) is 8.05. The first kappa shape index (κ1) is 12.2. The summed E-state index contributed by atoms with van der Waals surface area (Å²) in [6.07, 6.45) is 2.97. The van der Waals surface area contributed by atoms with Gasteiger partial charge in [-0.25, -0.2) is 9.97 Å². The van der Waals surface area contributed by atoms with Gasteiger partial charge in [-0.15, -0.1) is 11.3 Å². The minimum Gasteiger partial charge on any atom is -0.369 e. The van der Waals surface area contributed by atoms with E-state index in [0.29, 0.717) is 5.95 Å². The van der Waals surface area contributed by atoms with Gasteiger partial charge in [0.1, 0.15) is 5.01 Å². The smallest absolute Gasteiger partial charge is 0.201 e. The Balaban J connectivity index is 2.10. The topological polar surface area (TPSA) is 56.7 Å². The number of hydrogen-bond donors (Lipinski definition) is 1. The second kappa shape index (κ2) is 4.66. The summed E-state index contributed by atoms with van der Waals surface area (Å²) < 4.78 is 2.05. The molecule has 0 saturated carbocycles. The summed E-state index contributed by atoms with van der Waals surface area (Å²) >= 11 is 1.74. The normalized spacial score (nSPS) is 12.9. The predicted octanol–water partition coefficient (Wildman–Crippen LogP) is 3.25. The van der Waals surface area contributed by atoms with Crippen molar-refractivity contribution in [1.29, 1.82) is 0 Å². The van der Waals surface area contributed by atoms with Crippen molar-refractivity contribution in [3.63, 3.8) is 0 Å². The lowest BCUT2D eigenvalue weighted by Crippen LogP contribution is -2.09. The Hall–Kier alpha value is -1.88. The minimum absolute atomic E-state index is 0.109. The standard InChI is InChI=1S/C14H16N4S/c1-3-10-8-16-13(19-10)9(2)18-12-7-5-4-6-11(12)17-14(18)15/h4-9H,3H2,1-2H3,(H2,15,17). The van der Waals surface area contributed by atoms with Crippen LogP contribution < -0.4 is 5.73 Å². The first-order valence-corrected chi connectivity index (χ1v) is 7.19. The third kappa shape index (κ3) is 2.00. The van der Waals surface area contributed by atoms with Crippen LogP contribution in [-0.2, 0) is 6.42 Å². The van der Waals surface area contributed by atoms with Gasteiger partial charge in [-0.05, 0) is 25.5 Å². The Morgan fingerprint density at radius 3 is 2.89 bits per heavy atom. The van der Waals surface area contributed by atoms with Gasteiger partial charge in [0.15, 0.2) is 0 Å². The van der Waals surface area contributed by atoms with E-state index in [1.165, 1.54) is 4.88 Å². The molecule has 2 aromatic heterocycles. The third-order valence-corrected chi connectivity index (χ3v) is 4.60. The van der Waals surface area contributed by atoms with Crippen molar-refractivity contribution in [2.24, 2.45) is 0 Å². The number of nitrogens with zero attached hydrogens (tertiary/aromatic N) is 3. The van der Waals surface area contributed by atoms with Crippen LogP contribution in [0, 0.1) is 0 Å². The van der Waals surface area contributed by atoms with Crippen molar-refractivity contribution in [2.45, 2.75) is 26.3 Å². The third-order valence-electron chi connectivity index (χ3n) is 3.29. The lowest BCUT2D eigenvalue weighted by atomic mass is 10.3. The Kier molecular flexibility index (Phi) is 2.98. The van der Waals surface area contributed by atoms with Gasteiger partial charge in [0.2, 0.25) is 5.95 Å². The van der Waals surface area contributed by atoms with Crippen LogP contribution in [0.25, 0.3) is 11.0 Å². The van der Waals surface area contributed by atoms with E-state index in [0.717, 1.165) is 22.5 Å². The molecule has 1 atom stereocenters. The Morgan fingerprint density at radius 2 is 2.16 bits per heavy atom. The number of nitrogens with two attached hydrogens (primary N) is 1. The molecule has 3 aromatic rings. The van der Waals surface area contributed by atoms with Crippen molar-refractivity contribution < 1.29 is 0 Å². The van der Waals surface area contributed by atoms with Crippen LogP contribution in [0.5, 0.6) is 0 Å². The van der Waals surface area contributed by atoms with Gasteiger partial charge in [0, 0.05) is 11.1 Å². The lowest BCUT2D eigenvalue weighted by molar-refractivity contribution is 0.662. The van der Waals surface area contributed by atoms with E-state index in [-0.39, 0.29) is 6.04 Å². The maximum Gasteiger partial charge on any atom is 0.201 e. The van der Waals surface area contributed by atoms with Gasteiger partial charge < -0.3 is 10.3 Å². The van der Waals surface area contributed by atoms with Crippen molar-refractivity contribution in [2.75, 3.05) is 5.73 Å². The molecule has 0 aliphatic carbocycles. The number of imidazole rings is 1. The highest BCUT2D eigenvalue weighted by molar-refractivity contribution is 7.11. The molecule has 0 aliphatic heterocycles. The van der Waals surface area contributed by atoms with E-state index in [1.807, 2.05) is 35.0 Å². The molecule has 5 heteroatoms. The number of rotatable bonds is 3. The highest BCUT2D eigenvalue weighted by atomic mass is 32.1. The fraction of sp³-hybridized carbons (Fsp3) is 0.286. The fourth-order valence-electron chi connectivity index (χ4n) is 2.26. The van der Waals surface area contributed by atoms with Crippen LogP contribution >= 0.6 is 11.3 Å². The number of anilines is 1. The molecule has 3 rings (SSSR count). The van der Waals surface area contributed by atoms with Gasteiger partial charge in [-0.3, -0.25) is 0 Å². The van der Waals surface area contributed by atoms with Crippen LogP contribution in [0.2, 0.25) is 0 Å². The second-order valence-electron chi connectivity index (χ2n) is 4.52. The molecular weight excluding hydrogens is 256 g/mol. The van der Waals surface area contributed by atoms with Gasteiger partial charge in [0.25, 0.3) is 0 Å². The molecule has 0 bridgehead atoms. The van der Waals surface area contributed by atoms with E-state index >= 15 is 0 Å². The van der Waals surface area contributed by atoms with E-state index in [2.05, 4.69) is 23.8 Å². The van der Waals surface area contributed by atoms with Crippen molar-refractivity contribution in [3.8, 4) is 0 Å². The van der Waals surface area contributed by atoms with E-state index in [9.17, 15) is 0 Å². The molecule has 98 valence electrons. The molecule has 1 unspecified atom stereocenters. The summed E-state index contributed by atoms with van der Waals surface area (Å²) in [6, 6.07) is 8.12. The summed E-state index contributed by atoms with van der Waals surface area (Å²) in [6.45, 7) is 4.26. The van der Waals surface area contributed by atoms with Crippen molar-refractivity contribution >= 4 is 28.3 Å². The molecular formula is C14H16N4S. The highest BCUT2D eigenvalue weighted by Gasteiger charge is 2.17. The molecule has 0 radical (unpaired) electrons. The zero-order valence-electron chi connectivity index (χ0n) is 11.0. The summed E-state index contributed by atoms with van der Waals surface area (Å²) in [5.74, 6) is 0.543. The Bertz CT molecular complexity index is 713. The molecule has 0 saturated heterocycles. The van der Waals surface area contributed by atoms with E-state index in [1.54, 1.807) is 11.3 Å². The van der Waals surface area contributed by atoms with Gasteiger partial charge >= 0.3 is 0 Å². The van der Waals surface area contributed by atoms with Crippen LogP contribution in [0.15, 0.2) is 30.5 Å². The van der Waals surface area contributed by atoms with Crippen LogP contribution in [0.3, 0.4) is 0 Å². The second-order valence-corrected chi connectivity index (χ2v) is 5.67. The predicted molar refractivity (Wildman–Crippen MR) is 79.5 cm³/mol.